The lowest BCUT2D eigenvalue weighted by Gasteiger charge is -2.40. The van der Waals surface area contributed by atoms with E-state index < -0.39 is 0 Å². The summed E-state index contributed by atoms with van der Waals surface area (Å²) in [6.45, 7) is 6.37. The third-order valence-corrected chi connectivity index (χ3v) is 5.59. The number of rotatable bonds is 1. The molecule has 1 aromatic heterocycles. The average Bonchev–Trinajstić information content (AvgIpc) is 2.86. The fraction of sp³-hybridized carbons (Fsp3) is 0.733. The first-order valence-corrected chi connectivity index (χ1v) is 7.73. The van der Waals surface area contributed by atoms with Gasteiger partial charge in [0.15, 0.2) is 11.0 Å². The Morgan fingerprint density at radius 1 is 0.947 bits per heavy atom. The first-order chi connectivity index (χ1) is 9.11. The molecule has 0 radical (unpaired) electrons. The molecule has 2 fully saturated rings. The third-order valence-electron chi connectivity index (χ3n) is 5.23. The molecule has 2 heterocycles. The van der Waals surface area contributed by atoms with Crippen molar-refractivity contribution in [3.05, 3.63) is 16.3 Å². The zero-order chi connectivity index (χ0) is 13.5. The van der Waals surface area contributed by atoms with Crippen LogP contribution in [0.4, 0.5) is 5.82 Å². The van der Waals surface area contributed by atoms with Crippen LogP contribution in [-0.2, 0) is 0 Å². The minimum Gasteiger partial charge on any atom is -0.355 e. The van der Waals surface area contributed by atoms with Crippen LogP contribution in [0, 0.1) is 19.3 Å². The van der Waals surface area contributed by atoms with Crippen LogP contribution in [-0.4, -0.2) is 23.3 Å². The fourth-order valence-corrected chi connectivity index (χ4v) is 3.86. The van der Waals surface area contributed by atoms with Crippen molar-refractivity contribution in [3.63, 3.8) is 0 Å². The first-order valence-electron chi connectivity index (χ1n) is 7.36. The van der Waals surface area contributed by atoms with Gasteiger partial charge in [-0.2, -0.15) is 0 Å². The quantitative estimate of drug-likeness (QED) is 0.780. The van der Waals surface area contributed by atoms with Crippen LogP contribution in [0.1, 0.15) is 49.7 Å². The average molecular weight is 280 g/mol. The molecule has 0 N–H and O–H groups in total. The van der Waals surface area contributed by atoms with Crippen LogP contribution in [0.3, 0.4) is 0 Å². The summed E-state index contributed by atoms with van der Waals surface area (Å²) in [4.78, 5) is 2.40. The molecule has 4 heteroatoms. The van der Waals surface area contributed by atoms with Gasteiger partial charge in [-0.1, -0.05) is 24.4 Å². The second kappa shape index (κ2) is 4.93. The largest absolute Gasteiger partial charge is 0.355 e. The predicted octanol–water partition coefficient (Wildman–Crippen LogP) is 3.91. The normalized spacial score (nSPS) is 22.2. The molecule has 1 saturated heterocycles. The lowest BCUT2D eigenvalue weighted by Crippen LogP contribution is -2.39. The molecular weight excluding hydrogens is 258 g/mol. The van der Waals surface area contributed by atoms with Gasteiger partial charge in [-0.25, -0.2) is 0 Å². The van der Waals surface area contributed by atoms with Gasteiger partial charge in [0, 0.05) is 13.1 Å². The van der Waals surface area contributed by atoms with Crippen molar-refractivity contribution in [1.29, 1.82) is 0 Å². The maximum Gasteiger partial charge on any atom is 0.155 e. The van der Waals surface area contributed by atoms with Crippen molar-refractivity contribution in [2.75, 3.05) is 18.0 Å². The number of halogens is 1. The van der Waals surface area contributed by atoms with Crippen molar-refractivity contribution in [3.8, 4) is 0 Å². The molecule has 3 nitrogen and oxygen atoms in total. The molecule has 0 aromatic carbocycles. The number of hydrogen-bond donors (Lipinski definition) is 0. The SMILES string of the molecule is Cc1c(Cl)nnc(N2CCC3(CCCC3)CC2)c1C. The number of nitrogens with zero attached hydrogens (tertiary/aromatic N) is 3. The Hall–Kier alpha value is -0.830. The zero-order valence-corrected chi connectivity index (χ0v) is 12.6. The van der Waals surface area contributed by atoms with Crippen LogP contribution >= 0.6 is 11.6 Å². The molecule has 0 bridgehead atoms. The molecule has 0 unspecified atom stereocenters. The first kappa shape index (κ1) is 13.2. The summed E-state index contributed by atoms with van der Waals surface area (Å²) in [5.41, 5.74) is 2.90. The maximum atomic E-state index is 6.03. The lowest BCUT2D eigenvalue weighted by molar-refractivity contribution is 0.226. The second-order valence-electron chi connectivity index (χ2n) is 6.26. The molecule has 1 saturated carbocycles. The monoisotopic (exact) mass is 279 g/mol. The summed E-state index contributed by atoms with van der Waals surface area (Å²) < 4.78 is 0. The zero-order valence-electron chi connectivity index (χ0n) is 11.9. The molecule has 2 aliphatic rings. The highest BCUT2D eigenvalue weighted by atomic mass is 35.5. The summed E-state index contributed by atoms with van der Waals surface area (Å²) in [6, 6.07) is 0. The van der Waals surface area contributed by atoms with E-state index in [-0.39, 0.29) is 0 Å². The molecule has 0 amide bonds. The molecule has 1 aliphatic carbocycles. The fourth-order valence-electron chi connectivity index (χ4n) is 3.68. The summed E-state index contributed by atoms with van der Waals surface area (Å²) in [5.74, 6) is 1.04. The van der Waals surface area contributed by atoms with Crippen molar-refractivity contribution in [1.82, 2.24) is 10.2 Å². The Morgan fingerprint density at radius 2 is 1.58 bits per heavy atom. The van der Waals surface area contributed by atoms with E-state index in [0.29, 0.717) is 10.6 Å². The third kappa shape index (κ3) is 2.33. The minimum atomic E-state index is 0.533. The number of aromatic nitrogens is 2. The molecule has 1 aliphatic heterocycles. The van der Waals surface area contributed by atoms with Crippen LogP contribution in [0.15, 0.2) is 0 Å². The van der Waals surface area contributed by atoms with E-state index in [1.165, 1.54) is 44.1 Å². The standard InChI is InChI=1S/C15H22ClN3/c1-11-12(2)14(18-17-13(11)16)19-9-7-15(8-10-19)5-3-4-6-15/h3-10H2,1-2H3. The van der Waals surface area contributed by atoms with Gasteiger partial charge in [-0.15, -0.1) is 10.2 Å². The smallest absolute Gasteiger partial charge is 0.155 e. The van der Waals surface area contributed by atoms with E-state index in [1.54, 1.807) is 0 Å². The van der Waals surface area contributed by atoms with E-state index in [1.807, 2.05) is 6.92 Å². The number of anilines is 1. The van der Waals surface area contributed by atoms with Crippen molar-refractivity contribution >= 4 is 17.4 Å². The summed E-state index contributed by atoms with van der Waals surface area (Å²) >= 11 is 6.03. The van der Waals surface area contributed by atoms with Crippen LogP contribution < -0.4 is 4.90 Å². The Labute approximate surface area is 120 Å². The molecular formula is C15H22ClN3. The predicted molar refractivity (Wildman–Crippen MR) is 78.9 cm³/mol. The van der Waals surface area contributed by atoms with Crippen molar-refractivity contribution in [2.45, 2.75) is 52.4 Å². The molecule has 3 rings (SSSR count). The minimum absolute atomic E-state index is 0.533. The second-order valence-corrected chi connectivity index (χ2v) is 6.62. The van der Waals surface area contributed by atoms with Gasteiger partial charge in [0.25, 0.3) is 0 Å². The van der Waals surface area contributed by atoms with Gasteiger partial charge in [-0.05, 0) is 56.1 Å². The molecule has 19 heavy (non-hydrogen) atoms. The van der Waals surface area contributed by atoms with E-state index in [2.05, 4.69) is 22.0 Å². The highest BCUT2D eigenvalue weighted by Gasteiger charge is 2.37. The van der Waals surface area contributed by atoms with E-state index >= 15 is 0 Å². The van der Waals surface area contributed by atoms with Crippen molar-refractivity contribution in [2.24, 2.45) is 5.41 Å². The van der Waals surface area contributed by atoms with Gasteiger partial charge in [0.05, 0.1) is 0 Å². The molecule has 1 spiro atoms. The van der Waals surface area contributed by atoms with Crippen LogP contribution in [0.25, 0.3) is 0 Å². The van der Waals surface area contributed by atoms with Gasteiger partial charge >= 0.3 is 0 Å². The molecule has 0 atom stereocenters. The van der Waals surface area contributed by atoms with Gasteiger partial charge in [0.1, 0.15) is 0 Å². The highest BCUT2D eigenvalue weighted by Crippen LogP contribution is 2.46. The van der Waals surface area contributed by atoms with Gasteiger partial charge in [-0.3, -0.25) is 0 Å². The van der Waals surface area contributed by atoms with E-state index in [0.717, 1.165) is 24.5 Å². The summed E-state index contributed by atoms with van der Waals surface area (Å²) in [5, 5.41) is 8.93. The maximum absolute atomic E-state index is 6.03. The van der Waals surface area contributed by atoms with Gasteiger partial charge in [0.2, 0.25) is 0 Å². The number of piperidine rings is 1. The highest BCUT2D eigenvalue weighted by molar-refractivity contribution is 6.30. The number of hydrogen-bond acceptors (Lipinski definition) is 3. The van der Waals surface area contributed by atoms with Crippen molar-refractivity contribution < 1.29 is 0 Å². The lowest BCUT2D eigenvalue weighted by atomic mass is 9.77. The van der Waals surface area contributed by atoms with Gasteiger partial charge < -0.3 is 4.90 Å². The topological polar surface area (TPSA) is 29.0 Å². The Bertz CT molecular complexity index is 471. The van der Waals surface area contributed by atoms with Crippen LogP contribution in [0.5, 0.6) is 0 Å². The molecule has 1 aromatic rings. The molecule has 104 valence electrons. The Balaban J connectivity index is 1.76. The summed E-state index contributed by atoms with van der Waals surface area (Å²) in [7, 11) is 0. The Morgan fingerprint density at radius 3 is 2.21 bits per heavy atom. The Kier molecular flexibility index (Phi) is 3.42. The summed E-state index contributed by atoms with van der Waals surface area (Å²) in [6.07, 6.45) is 8.36. The van der Waals surface area contributed by atoms with E-state index in [9.17, 15) is 0 Å². The van der Waals surface area contributed by atoms with Crippen LogP contribution in [0.2, 0.25) is 5.15 Å². The van der Waals surface area contributed by atoms with E-state index in [4.69, 9.17) is 11.6 Å².